The van der Waals surface area contributed by atoms with Gasteiger partial charge in [0.05, 0.1) is 18.6 Å². The molecule has 0 saturated heterocycles. The number of hydrogen-bond donors (Lipinski definition) is 2. The summed E-state index contributed by atoms with van der Waals surface area (Å²) in [5, 5.41) is 24.2. The Bertz CT molecular complexity index is 1450. The molecular weight excluding hydrogens is 457 g/mol. The number of rotatable bonds is 8. The van der Waals surface area contributed by atoms with Gasteiger partial charge in [0.25, 0.3) is 0 Å². The van der Waals surface area contributed by atoms with E-state index in [1.165, 1.54) is 40.2 Å². The largest absolute Gasteiger partial charge is 0.381 e. The van der Waals surface area contributed by atoms with Crippen LogP contribution in [0.2, 0.25) is 0 Å². The highest BCUT2D eigenvalue weighted by Gasteiger charge is 2.34. The van der Waals surface area contributed by atoms with E-state index in [9.17, 15) is 18.3 Å². The summed E-state index contributed by atoms with van der Waals surface area (Å²) in [6.07, 6.45) is 4.46. The molecule has 5 aromatic rings. The van der Waals surface area contributed by atoms with Crippen molar-refractivity contribution in [1.82, 2.24) is 24.5 Å². The van der Waals surface area contributed by atoms with Crippen LogP contribution in [0.1, 0.15) is 11.1 Å². The Morgan fingerprint density at radius 1 is 0.886 bits per heavy atom. The van der Waals surface area contributed by atoms with Gasteiger partial charge in [-0.05, 0) is 42.0 Å². The lowest BCUT2D eigenvalue weighted by Gasteiger charge is -2.28. The van der Waals surface area contributed by atoms with Crippen molar-refractivity contribution in [2.24, 2.45) is 0 Å². The lowest BCUT2D eigenvalue weighted by molar-refractivity contribution is -0.00828. The summed E-state index contributed by atoms with van der Waals surface area (Å²) in [4.78, 5) is 3.87. The zero-order chi connectivity index (χ0) is 24.4. The highest BCUT2D eigenvalue weighted by molar-refractivity contribution is 5.81. The van der Waals surface area contributed by atoms with Gasteiger partial charge in [-0.25, -0.2) is 22.8 Å². The van der Waals surface area contributed by atoms with Crippen LogP contribution in [0, 0.1) is 17.5 Å². The third-order valence-corrected chi connectivity index (χ3v) is 5.71. The summed E-state index contributed by atoms with van der Waals surface area (Å²) in [5.41, 5.74) is 0.551. The van der Waals surface area contributed by atoms with E-state index in [-0.39, 0.29) is 24.5 Å². The van der Waals surface area contributed by atoms with Crippen LogP contribution in [0.5, 0.6) is 0 Å². The molecule has 5 rings (SSSR count). The molecule has 0 saturated carbocycles. The summed E-state index contributed by atoms with van der Waals surface area (Å²) in [5.74, 6) is -1.89. The fourth-order valence-electron chi connectivity index (χ4n) is 4.00. The normalized spacial score (nSPS) is 13.1. The van der Waals surface area contributed by atoms with E-state index in [1.54, 1.807) is 18.3 Å². The predicted octanol–water partition coefficient (Wildman–Crippen LogP) is 4.25. The molecule has 1 atom stereocenters. The molecule has 0 radical (unpaired) electrons. The molecule has 0 aliphatic carbocycles. The van der Waals surface area contributed by atoms with Gasteiger partial charge in [0, 0.05) is 35.4 Å². The van der Waals surface area contributed by atoms with Crippen molar-refractivity contribution in [1.29, 1.82) is 0 Å². The number of hydrogen-bond acceptors (Lipinski definition) is 5. The van der Waals surface area contributed by atoms with Crippen LogP contribution in [-0.4, -0.2) is 29.7 Å². The maximum Gasteiger partial charge on any atom is 0.137 e. The van der Waals surface area contributed by atoms with Crippen molar-refractivity contribution in [3.05, 3.63) is 108 Å². The number of anilines is 1. The number of aromatic nitrogens is 5. The zero-order valence-electron chi connectivity index (χ0n) is 18.4. The summed E-state index contributed by atoms with van der Waals surface area (Å²) in [6, 6.07) is 14.9. The molecule has 2 N–H and O–H groups in total. The molecule has 0 fully saturated rings. The predicted molar refractivity (Wildman–Crippen MR) is 124 cm³/mol. The van der Waals surface area contributed by atoms with E-state index in [2.05, 4.69) is 20.5 Å². The van der Waals surface area contributed by atoms with Gasteiger partial charge in [0.1, 0.15) is 35.7 Å². The van der Waals surface area contributed by atoms with E-state index in [1.807, 2.05) is 18.2 Å². The first kappa shape index (κ1) is 22.6. The molecule has 0 spiro atoms. The second-order valence-electron chi connectivity index (χ2n) is 8.33. The number of fused-ring (bicyclic) bond motifs is 1. The second kappa shape index (κ2) is 9.22. The molecule has 35 heavy (non-hydrogen) atoms. The van der Waals surface area contributed by atoms with Crippen LogP contribution >= 0.6 is 0 Å². The smallest absolute Gasteiger partial charge is 0.137 e. The molecule has 2 aromatic heterocycles. The van der Waals surface area contributed by atoms with Crippen LogP contribution in [0.15, 0.2) is 79.5 Å². The summed E-state index contributed by atoms with van der Waals surface area (Å²) >= 11 is 0. The molecule has 2 heterocycles. The lowest BCUT2D eigenvalue weighted by Crippen LogP contribution is -2.37. The third-order valence-electron chi connectivity index (χ3n) is 5.71. The molecule has 1 unspecified atom stereocenters. The van der Waals surface area contributed by atoms with Gasteiger partial charge in [0.2, 0.25) is 0 Å². The first-order valence-corrected chi connectivity index (χ1v) is 10.8. The fourth-order valence-corrected chi connectivity index (χ4v) is 4.00. The summed E-state index contributed by atoms with van der Waals surface area (Å²) < 4.78 is 44.2. The van der Waals surface area contributed by atoms with Crippen molar-refractivity contribution in [3.63, 3.8) is 0 Å². The van der Waals surface area contributed by atoms with Crippen molar-refractivity contribution < 1.29 is 18.3 Å². The fraction of sp³-hybridized carbons (Fsp3) is 0.160. The number of benzene rings is 3. The molecule has 10 heteroatoms. The number of nitrogens with zero attached hydrogens (tertiary/aromatic N) is 5. The first-order chi connectivity index (χ1) is 16.9. The van der Waals surface area contributed by atoms with Crippen molar-refractivity contribution >= 4 is 16.6 Å². The van der Waals surface area contributed by atoms with Gasteiger partial charge in [-0.15, -0.1) is 0 Å². The minimum Gasteiger partial charge on any atom is -0.381 e. The lowest BCUT2D eigenvalue weighted by atomic mass is 9.93. The van der Waals surface area contributed by atoms with Gasteiger partial charge < -0.3 is 10.4 Å². The quantitative estimate of drug-likeness (QED) is 0.349. The van der Waals surface area contributed by atoms with Gasteiger partial charge in [-0.1, -0.05) is 18.2 Å². The van der Waals surface area contributed by atoms with Gasteiger partial charge >= 0.3 is 0 Å². The average molecular weight is 478 g/mol. The van der Waals surface area contributed by atoms with E-state index < -0.39 is 17.2 Å². The average Bonchev–Trinajstić information content (AvgIpc) is 3.47. The Labute approximate surface area is 198 Å². The highest BCUT2D eigenvalue weighted by Crippen LogP contribution is 2.29. The van der Waals surface area contributed by atoms with Gasteiger partial charge in [-0.2, -0.15) is 10.2 Å². The Morgan fingerprint density at radius 2 is 1.66 bits per heavy atom. The van der Waals surface area contributed by atoms with E-state index in [0.29, 0.717) is 12.1 Å². The Morgan fingerprint density at radius 3 is 2.40 bits per heavy atom. The van der Waals surface area contributed by atoms with Crippen molar-refractivity contribution in [2.45, 2.75) is 25.2 Å². The standard InChI is InChI=1S/C25H21F3N6O/c26-19-4-1-17(2-5-19)11-30-21-7-3-18-12-33(32-24(18)10-21)13-25(35,14-34-16-29-15-31-34)22-8-6-20(27)9-23(22)28/h1-10,12,15-16,30,35H,11,13-14H2. The van der Waals surface area contributed by atoms with Gasteiger partial charge in [-0.3, -0.25) is 4.68 Å². The maximum absolute atomic E-state index is 14.7. The van der Waals surface area contributed by atoms with E-state index in [0.717, 1.165) is 28.8 Å². The molecule has 3 aromatic carbocycles. The zero-order valence-corrected chi connectivity index (χ0v) is 18.4. The van der Waals surface area contributed by atoms with Crippen LogP contribution in [0.25, 0.3) is 10.9 Å². The molecule has 0 aliphatic heterocycles. The topological polar surface area (TPSA) is 80.8 Å². The van der Waals surface area contributed by atoms with E-state index >= 15 is 0 Å². The Hall–Kier alpha value is -4.18. The van der Waals surface area contributed by atoms with Gasteiger partial charge in [0.15, 0.2) is 0 Å². The van der Waals surface area contributed by atoms with E-state index in [4.69, 9.17) is 0 Å². The van der Waals surface area contributed by atoms with Crippen LogP contribution in [0.3, 0.4) is 0 Å². The minimum atomic E-state index is -1.78. The minimum absolute atomic E-state index is 0.0735. The monoisotopic (exact) mass is 478 g/mol. The molecule has 0 amide bonds. The molecule has 0 aliphatic rings. The summed E-state index contributed by atoms with van der Waals surface area (Å²) in [7, 11) is 0. The second-order valence-corrected chi connectivity index (χ2v) is 8.33. The number of halogens is 3. The van der Waals surface area contributed by atoms with Crippen molar-refractivity contribution in [2.75, 3.05) is 5.32 Å². The van der Waals surface area contributed by atoms with Crippen LogP contribution in [-0.2, 0) is 25.2 Å². The first-order valence-electron chi connectivity index (χ1n) is 10.8. The van der Waals surface area contributed by atoms with Crippen LogP contribution in [0.4, 0.5) is 18.9 Å². The summed E-state index contributed by atoms with van der Waals surface area (Å²) in [6.45, 7) is 0.284. The highest BCUT2D eigenvalue weighted by atomic mass is 19.1. The molecule has 178 valence electrons. The Kier molecular flexibility index (Phi) is 5.96. The van der Waals surface area contributed by atoms with Crippen molar-refractivity contribution in [3.8, 4) is 0 Å². The number of aliphatic hydroxyl groups is 1. The van der Waals surface area contributed by atoms with Crippen LogP contribution < -0.4 is 5.32 Å². The molecule has 0 bridgehead atoms. The number of nitrogens with one attached hydrogen (secondary N) is 1. The third kappa shape index (κ3) is 5.02. The molecule has 7 nitrogen and oxygen atoms in total. The maximum atomic E-state index is 14.7. The Balaban J connectivity index is 1.40. The molecular formula is C25H21F3N6O. The SMILES string of the molecule is OC(Cn1cncn1)(Cn1cc2ccc(NCc3ccc(F)cc3)cc2n1)c1ccc(F)cc1F.